The number of urea groups is 1. The minimum atomic E-state index is -4.87. The average Bonchev–Trinajstić information content (AvgIpc) is 3.20. The molecule has 30 heavy (non-hydrogen) atoms. The van der Waals surface area contributed by atoms with Gasteiger partial charge in [0, 0.05) is 24.0 Å². The van der Waals surface area contributed by atoms with E-state index in [0.29, 0.717) is 5.69 Å². The maximum Gasteiger partial charge on any atom is 0.573 e. The van der Waals surface area contributed by atoms with Crippen LogP contribution in [0.3, 0.4) is 0 Å². The molecule has 1 aromatic heterocycles. The zero-order chi connectivity index (χ0) is 21.8. The second-order valence-corrected chi connectivity index (χ2v) is 7.91. The summed E-state index contributed by atoms with van der Waals surface area (Å²) in [6.45, 7) is 0.253. The lowest BCUT2D eigenvalue weighted by atomic mass is 10.3. The van der Waals surface area contributed by atoms with Crippen LogP contribution in [0.25, 0.3) is 0 Å². The van der Waals surface area contributed by atoms with E-state index in [9.17, 15) is 26.4 Å². The van der Waals surface area contributed by atoms with E-state index in [4.69, 9.17) is 0 Å². The predicted octanol–water partition coefficient (Wildman–Crippen LogP) is 3.46. The summed E-state index contributed by atoms with van der Waals surface area (Å²) < 4.78 is 65.6. The number of carbonyl (C=O) groups is 1. The number of ether oxygens (including phenoxy) is 1. The molecular weight excluding hydrogens is 425 g/mol. The summed E-state index contributed by atoms with van der Waals surface area (Å²) in [5, 5.41) is 11.5. The van der Waals surface area contributed by atoms with E-state index in [1.54, 1.807) is 12.4 Å². The molecule has 0 unspecified atom stereocenters. The molecule has 0 atom stereocenters. The van der Waals surface area contributed by atoms with Crippen LogP contribution in [-0.2, 0) is 16.4 Å². The number of nitrogens with zero attached hydrogens (tertiary/aromatic N) is 1. The molecule has 0 radical (unpaired) electrons. The number of aromatic nitrogens is 2. The number of hydrogen-bond acceptors (Lipinski definition) is 5. The van der Waals surface area contributed by atoms with Crippen LogP contribution in [0, 0.1) is 0 Å². The molecule has 2 amide bonds. The number of rotatable bonds is 6. The van der Waals surface area contributed by atoms with Gasteiger partial charge in [-0.1, -0.05) is 0 Å². The van der Waals surface area contributed by atoms with Gasteiger partial charge in [0.15, 0.2) is 0 Å². The number of sulfone groups is 1. The van der Waals surface area contributed by atoms with Gasteiger partial charge in [-0.25, -0.2) is 13.2 Å². The summed E-state index contributed by atoms with van der Waals surface area (Å²) in [6.07, 6.45) is -1.68. The molecule has 0 fully saturated rings. The van der Waals surface area contributed by atoms with Crippen LogP contribution in [0.5, 0.6) is 5.75 Å². The SMILES string of the molecule is O=C(NCc1cn[nH]c1)Nc1ccc(S(=O)(=O)c2ccc(OC(F)(F)F)cc2)cc1. The molecule has 0 aliphatic rings. The first-order valence-electron chi connectivity index (χ1n) is 8.37. The molecular formula is C18H15F3N4O4S. The molecule has 0 bridgehead atoms. The minimum Gasteiger partial charge on any atom is -0.406 e. The highest BCUT2D eigenvalue weighted by Gasteiger charge is 2.31. The quantitative estimate of drug-likeness (QED) is 0.543. The van der Waals surface area contributed by atoms with E-state index in [1.165, 1.54) is 24.3 Å². The molecule has 3 aromatic rings. The Morgan fingerprint density at radius 3 is 2.17 bits per heavy atom. The lowest BCUT2D eigenvalue weighted by Crippen LogP contribution is -2.28. The smallest absolute Gasteiger partial charge is 0.406 e. The van der Waals surface area contributed by atoms with E-state index >= 15 is 0 Å². The van der Waals surface area contributed by atoms with Gasteiger partial charge in [0.1, 0.15) is 5.75 Å². The van der Waals surface area contributed by atoms with Crippen molar-refractivity contribution in [2.75, 3.05) is 5.32 Å². The Morgan fingerprint density at radius 2 is 1.63 bits per heavy atom. The topological polar surface area (TPSA) is 113 Å². The second-order valence-electron chi connectivity index (χ2n) is 5.96. The molecule has 0 aliphatic heterocycles. The third-order valence-corrected chi connectivity index (χ3v) is 5.58. The van der Waals surface area contributed by atoms with Gasteiger partial charge in [-0.15, -0.1) is 13.2 Å². The molecule has 0 saturated carbocycles. The molecule has 8 nitrogen and oxygen atoms in total. The van der Waals surface area contributed by atoms with Gasteiger partial charge >= 0.3 is 12.4 Å². The Morgan fingerprint density at radius 1 is 1.03 bits per heavy atom. The Balaban J connectivity index is 1.64. The number of halogens is 3. The van der Waals surface area contributed by atoms with E-state index in [1.807, 2.05) is 0 Å². The van der Waals surface area contributed by atoms with Crippen molar-refractivity contribution in [2.45, 2.75) is 22.7 Å². The molecule has 158 valence electrons. The standard InChI is InChI=1S/C18H15F3N4O4S/c19-18(20,21)29-14-3-7-16(8-4-14)30(27,28)15-5-1-13(2-6-15)25-17(26)22-9-12-10-23-24-11-12/h1-8,10-11H,9H2,(H,23,24)(H2,22,25,26). The highest BCUT2D eigenvalue weighted by Crippen LogP contribution is 2.27. The monoisotopic (exact) mass is 440 g/mol. The number of alkyl halides is 3. The fourth-order valence-electron chi connectivity index (χ4n) is 2.41. The van der Waals surface area contributed by atoms with Gasteiger partial charge in [0.2, 0.25) is 9.84 Å². The molecule has 0 saturated heterocycles. The van der Waals surface area contributed by atoms with Crippen LogP contribution in [-0.4, -0.2) is 31.0 Å². The molecule has 2 aromatic carbocycles. The maximum absolute atomic E-state index is 12.6. The number of hydrogen-bond donors (Lipinski definition) is 3. The van der Waals surface area contributed by atoms with Crippen LogP contribution in [0.2, 0.25) is 0 Å². The second kappa shape index (κ2) is 8.45. The summed E-state index contributed by atoms with van der Waals surface area (Å²) in [5.74, 6) is -0.526. The Hall–Kier alpha value is -3.54. The largest absolute Gasteiger partial charge is 0.573 e. The van der Waals surface area contributed by atoms with E-state index in [0.717, 1.165) is 29.8 Å². The number of anilines is 1. The van der Waals surface area contributed by atoms with E-state index in [2.05, 4.69) is 25.6 Å². The number of benzene rings is 2. The number of aromatic amines is 1. The molecule has 0 spiro atoms. The summed E-state index contributed by atoms with van der Waals surface area (Å²) >= 11 is 0. The first-order chi connectivity index (χ1) is 14.1. The van der Waals surface area contributed by atoms with Crippen molar-refractivity contribution in [1.29, 1.82) is 0 Å². The lowest BCUT2D eigenvalue weighted by molar-refractivity contribution is -0.274. The average molecular weight is 440 g/mol. The first kappa shape index (κ1) is 21.2. The number of H-pyrrole nitrogens is 1. The van der Waals surface area contributed by atoms with Crippen molar-refractivity contribution < 1.29 is 31.1 Å². The van der Waals surface area contributed by atoms with Crippen LogP contribution < -0.4 is 15.4 Å². The van der Waals surface area contributed by atoms with Crippen molar-refractivity contribution in [2.24, 2.45) is 0 Å². The van der Waals surface area contributed by atoms with Crippen LogP contribution in [0.15, 0.2) is 70.7 Å². The van der Waals surface area contributed by atoms with Gasteiger partial charge in [0.05, 0.1) is 16.0 Å². The van der Waals surface area contributed by atoms with E-state index in [-0.39, 0.29) is 16.3 Å². The number of carbonyl (C=O) groups excluding carboxylic acids is 1. The van der Waals surface area contributed by atoms with Gasteiger partial charge in [-0.05, 0) is 48.5 Å². The van der Waals surface area contributed by atoms with Crippen LogP contribution >= 0.6 is 0 Å². The third kappa shape index (κ3) is 5.50. The lowest BCUT2D eigenvalue weighted by Gasteiger charge is -2.10. The van der Waals surface area contributed by atoms with Crippen LogP contribution in [0.1, 0.15) is 5.56 Å². The molecule has 1 heterocycles. The van der Waals surface area contributed by atoms with Gasteiger partial charge < -0.3 is 15.4 Å². The van der Waals surface area contributed by atoms with Gasteiger partial charge in [0.25, 0.3) is 0 Å². The van der Waals surface area contributed by atoms with Gasteiger partial charge in [-0.3, -0.25) is 5.10 Å². The Bertz CT molecular complexity index is 1100. The molecule has 12 heteroatoms. The Labute approximate surface area is 169 Å². The fraction of sp³-hybridized carbons (Fsp3) is 0.111. The third-order valence-electron chi connectivity index (χ3n) is 3.80. The predicted molar refractivity (Wildman–Crippen MR) is 99.5 cm³/mol. The Kier molecular flexibility index (Phi) is 5.96. The maximum atomic E-state index is 12.6. The van der Waals surface area contributed by atoms with E-state index < -0.39 is 28.0 Å². The summed E-state index contributed by atoms with van der Waals surface area (Å²) in [7, 11) is -3.96. The number of amides is 2. The normalized spacial score (nSPS) is 11.7. The van der Waals surface area contributed by atoms with Crippen molar-refractivity contribution >= 4 is 21.6 Å². The van der Waals surface area contributed by atoms with Crippen molar-refractivity contribution in [3.05, 3.63) is 66.5 Å². The highest BCUT2D eigenvalue weighted by atomic mass is 32.2. The number of nitrogens with one attached hydrogen (secondary N) is 3. The van der Waals surface area contributed by atoms with Gasteiger partial charge in [-0.2, -0.15) is 5.10 Å². The van der Waals surface area contributed by atoms with Crippen molar-refractivity contribution in [1.82, 2.24) is 15.5 Å². The zero-order valence-corrected chi connectivity index (χ0v) is 15.9. The fourth-order valence-corrected chi connectivity index (χ4v) is 3.67. The summed E-state index contributed by atoms with van der Waals surface area (Å²) in [5.41, 5.74) is 1.13. The molecule has 3 N–H and O–H groups in total. The molecule has 3 rings (SSSR count). The first-order valence-corrected chi connectivity index (χ1v) is 9.85. The highest BCUT2D eigenvalue weighted by molar-refractivity contribution is 7.91. The molecule has 0 aliphatic carbocycles. The summed E-state index contributed by atoms with van der Waals surface area (Å²) in [6, 6.07) is 8.73. The van der Waals surface area contributed by atoms with Crippen molar-refractivity contribution in [3.63, 3.8) is 0 Å². The zero-order valence-electron chi connectivity index (χ0n) is 15.1. The summed E-state index contributed by atoms with van der Waals surface area (Å²) in [4.78, 5) is 11.6. The van der Waals surface area contributed by atoms with Crippen LogP contribution in [0.4, 0.5) is 23.7 Å². The minimum absolute atomic E-state index is 0.0867. The van der Waals surface area contributed by atoms with Crippen molar-refractivity contribution in [3.8, 4) is 5.75 Å².